The van der Waals surface area contributed by atoms with Gasteiger partial charge in [0, 0.05) is 17.8 Å². The largest absolute Gasteiger partial charge is 0.322 e. The highest BCUT2D eigenvalue weighted by molar-refractivity contribution is 7.09. The molecule has 0 aliphatic rings. The predicted molar refractivity (Wildman–Crippen MR) is 60.2 cm³/mol. The second-order valence-corrected chi connectivity index (χ2v) is 4.17. The summed E-state index contributed by atoms with van der Waals surface area (Å²) in [7, 11) is 0. The molecule has 0 aliphatic heterocycles. The molecule has 16 heavy (non-hydrogen) atoms. The number of thiazole rings is 1. The molecule has 82 valence electrons. The van der Waals surface area contributed by atoms with Gasteiger partial charge < -0.3 is 5.73 Å². The van der Waals surface area contributed by atoms with E-state index in [0.717, 1.165) is 5.01 Å². The van der Waals surface area contributed by atoms with Crippen LogP contribution in [0.25, 0.3) is 0 Å². The van der Waals surface area contributed by atoms with Crippen molar-refractivity contribution in [3.05, 3.63) is 40.4 Å². The minimum atomic E-state index is -0.226. The molecule has 6 heteroatoms. The van der Waals surface area contributed by atoms with Crippen molar-refractivity contribution in [1.29, 1.82) is 0 Å². The highest BCUT2D eigenvalue weighted by Gasteiger charge is 2.15. The lowest BCUT2D eigenvalue weighted by Crippen LogP contribution is -2.07. The quantitative estimate of drug-likeness (QED) is 0.806. The topological polar surface area (TPSA) is 81.8 Å². The molecule has 0 fully saturated rings. The van der Waals surface area contributed by atoms with Gasteiger partial charge in [0.2, 0.25) is 5.78 Å². The molecule has 0 radical (unpaired) electrons. The summed E-state index contributed by atoms with van der Waals surface area (Å²) in [6.07, 6.45) is 4.42. The fourth-order valence-corrected chi connectivity index (χ4v) is 1.91. The molecule has 0 bridgehead atoms. The minimum absolute atomic E-state index is 0.159. The van der Waals surface area contributed by atoms with Crippen LogP contribution in [0.2, 0.25) is 0 Å². The first-order chi connectivity index (χ1) is 7.68. The second-order valence-electron chi connectivity index (χ2n) is 3.28. The van der Waals surface area contributed by atoms with Gasteiger partial charge in [-0.15, -0.1) is 11.3 Å². The third kappa shape index (κ3) is 2.12. The fraction of sp³-hybridized carbons (Fsp3) is 0.200. The van der Waals surface area contributed by atoms with Crippen LogP contribution in [0.3, 0.4) is 0 Å². The van der Waals surface area contributed by atoms with Crippen LogP contribution in [0, 0.1) is 0 Å². The van der Waals surface area contributed by atoms with Crippen LogP contribution in [0.1, 0.15) is 34.2 Å². The monoisotopic (exact) mass is 234 g/mol. The van der Waals surface area contributed by atoms with Gasteiger partial charge >= 0.3 is 0 Å². The van der Waals surface area contributed by atoms with Crippen molar-refractivity contribution in [3.63, 3.8) is 0 Å². The summed E-state index contributed by atoms with van der Waals surface area (Å²) in [6, 6.07) is -0.159. The first-order valence-corrected chi connectivity index (χ1v) is 5.58. The number of hydrogen-bond acceptors (Lipinski definition) is 6. The molecule has 1 atom stereocenters. The summed E-state index contributed by atoms with van der Waals surface area (Å²) < 4.78 is 0. The van der Waals surface area contributed by atoms with E-state index in [1.165, 1.54) is 29.9 Å². The number of nitrogens with two attached hydrogens (primary N) is 1. The van der Waals surface area contributed by atoms with Crippen LogP contribution >= 0.6 is 11.3 Å². The Labute approximate surface area is 96.4 Å². The zero-order chi connectivity index (χ0) is 11.5. The minimum Gasteiger partial charge on any atom is -0.322 e. The van der Waals surface area contributed by atoms with E-state index < -0.39 is 0 Å². The summed E-state index contributed by atoms with van der Waals surface area (Å²) >= 11 is 1.38. The van der Waals surface area contributed by atoms with Crippen molar-refractivity contribution in [2.75, 3.05) is 0 Å². The molecule has 5 nitrogen and oxygen atoms in total. The van der Waals surface area contributed by atoms with Crippen molar-refractivity contribution in [2.24, 2.45) is 5.73 Å². The fourth-order valence-electron chi connectivity index (χ4n) is 1.15. The Morgan fingerprint density at radius 2 is 2.25 bits per heavy atom. The van der Waals surface area contributed by atoms with Gasteiger partial charge in [0.15, 0.2) is 0 Å². The van der Waals surface area contributed by atoms with Gasteiger partial charge in [-0.1, -0.05) is 0 Å². The summed E-state index contributed by atoms with van der Waals surface area (Å²) in [5, 5.41) is 2.43. The molecule has 2 N–H and O–H groups in total. The van der Waals surface area contributed by atoms with E-state index in [0.29, 0.717) is 11.4 Å². The molecular formula is C10H10N4OS. The van der Waals surface area contributed by atoms with E-state index in [-0.39, 0.29) is 11.8 Å². The van der Waals surface area contributed by atoms with Gasteiger partial charge in [-0.2, -0.15) is 0 Å². The van der Waals surface area contributed by atoms with Crippen LogP contribution in [-0.2, 0) is 0 Å². The number of rotatable bonds is 3. The number of carbonyl (C=O) groups excluding carboxylic acids is 1. The third-order valence-electron chi connectivity index (χ3n) is 1.94. The number of aromatic nitrogens is 3. The van der Waals surface area contributed by atoms with Gasteiger partial charge in [0.05, 0.1) is 12.2 Å². The Morgan fingerprint density at radius 1 is 1.44 bits per heavy atom. The van der Waals surface area contributed by atoms with E-state index in [1.807, 2.05) is 6.92 Å². The van der Waals surface area contributed by atoms with Gasteiger partial charge in [0.25, 0.3) is 0 Å². The second kappa shape index (κ2) is 4.46. The van der Waals surface area contributed by atoms with Gasteiger partial charge in [-0.25, -0.2) is 9.97 Å². The van der Waals surface area contributed by atoms with Crippen LogP contribution < -0.4 is 5.73 Å². The Hall–Kier alpha value is -1.66. The average molecular weight is 234 g/mol. The van der Waals surface area contributed by atoms with Gasteiger partial charge in [-0.3, -0.25) is 9.78 Å². The maximum atomic E-state index is 11.9. The Morgan fingerprint density at radius 3 is 2.81 bits per heavy atom. The normalized spacial score (nSPS) is 12.4. The molecule has 0 saturated heterocycles. The van der Waals surface area contributed by atoms with Crippen molar-refractivity contribution >= 4 is 17.1 Å². The molecule has 2 heterocycles. The van der Waals surface area contributed by atoms with Crippen molar-refractivity contribution < 1.29 is 4.79 Å². The van der Waals surface area contributed by atoms with E-state index in [2.05, 4.69) is 15.0 Å². The molecule has 2 rings (SSSR count). The van der Waals surface area contributed by atoms with E-state index in [1.54, 1.807) is 5.38 Å². The van der Waals surface area contributed by atoms with Crippen LogP contribution in [-0.4, -0.2) is 20.7 Å². The highest BCUT2D eigenvalue weighted by atomic mass is 32.1. The molecule has 0 aromatic carbocycles. The zero-order valence-corrected chi connectivity index (χ0v) is 9.44. The lowest BCUT2D eigenvalue weighted by molar-refractivity contribution is 0.103. The van der Waals surface area contributed by atoms with Crippen LogP contribution in [0.4, 0.5) is 0 Å². The summed E-state index contributed by atoms with van der Waals surface area (Å²) in [6.45, 7) is 1.83. The SMILES string of the molecule is CC(N)c1nc(C(=O)c2cnccn2)cs1. The average Bonchev–Trinajstić information content (AvgIpc) is 2.78. The smallest absolute Gasteiger partial charge is 0.232 e. The zero-order valence-electron chi connectivity index (χ0n) is 8.62. The molecule has 0 amide bonds. The molecule has 1 unspecified atom stereocenters. The standard InChI is InChI=1S/C10H10N4OS/c1-6(11)10-14-8(5-16-10)9(15)7-4-12-2-3-13-7/h2-6H,11H2,1H3. The Balaban J connectivity index is 2.28. The van der Waals surface area contributed by atoms with E-state index in [4.69, 9.17) is 5.73 Å². The van der Waals surface area contributed by atoms with Crippen LogP contribution in [0.15, 0.2) is 24.0 Å². The number of ketones is 1. The Kier molecular flexibility index (Phi) is 3.02. The number of hydrogen-bond donors (Lipinski definition) is 1. The van der Waals surface area contributed by atoms with E-state index in [9.17, 15) is 4.79 Å². The third-order valence-corrected chi connectivity index (χ3v) is 2.99. The first-order valence-electron chi connectivity index (χ1n) is 4.70. The Bertz CT molecular complexity index is 495. The van der Waals surface area contributed by atoms with Gasteiger partial charge in [-0.05, 0) is 6.92 Å². The molecule has 2 aromatic rings. The van der Waals surface area contributed by atoms with Gasteiger partial charge in [0.1, 0.15) is 16.4 Å². The van der Waals surface area contributed by atoms with Crippen LogP contribution in [0.5, 0.6) is 0 Å². The maximum absolute atomic E-state index is 11.9. The lowest BCUT2D eigenvalue weighted by Gasteiger charge is -1.97. The number of nitrogens with zero attached hydrogens (tertiary/aromatic N) is 3. The first kappa shape index (κ1) is 10.8. The predicted octanol–water partition coefficient (Wildman–Crippen LogP) is 1.18. The summed E-state index contributed by atoms with van der Waals surface area (Å²) in [4.78, 5) is 23.8. The molecule has 2 aromatic heterocycles. The number of carbonyl (C=O) groups is 1. The van der Waals surface area contributed by atoms with Crippen molar-refractivity contribution in [1.82, 2.24) is 15.0 Å². The molecule has 0 spiro atoms. The van der Waals surface area contributed by atoms with E-state index >= 15 is 0 Å². The lowest BCUT2D eigenvalue weighted by atomic mass is 10.2. The van der Waals surface area contributed by atoms with Crippen molar-refractivity contribution in [3.8, 4) is 0 Å². The highest BCUT2D eigenvalue weighted by Crippen LogP contribution is 2.17. The van der Waals surface area contributed by atoms with Crippen molar-refractivity contribution in [2.45, 2.75) is 13.0 Å². The summed E-state index contributed by atoms with van der Waals surface area (Å²) in [5.41, 5.74) is 6.34. The summed E-state index contributed by atoms with van der Waals surface area (Å²) in [5.74, 6) is -0.226. The maximum Gasteiger partial charge on any atom is 0.232 e. The molecule has 0 saturated carbocycles. The molecular weight excluding hydrogens is 224 g/mol. The molecule has 0 aliphatic carbocycles.